The third-order valence-electron chi connectivity index (χ3n) is 3.51. The van der Waals surface area contributed by atoms with Crippen molar-refractivity contribution in [2.45, 2.75) is 6.92 Å². The largest absolute Gasteiger partial charge is 0.369 e. The van der Waals surface area contributed by atoms with E-state index in [0.29, 0.717) is 31.9 Å². The molecule has 0 radical (unpaired) electrons. The number of anilines is 1. The molecule has 0 bridgehead atoms. The van der Waals surface area contributed by atoms with Crippen LogP contribution in [-0.4, -0.2) is 43.5 Å². The third-order valence-corrected chi connectivity index (χ3v) is 3.51. The van der Waals surface area contributed by atoms with Crippen molar-refractivity contribution < 1.29 is 9.18 Å². The smallest absolute Gasteiger partial charge is 0.231 e. The number of hydrogen-bond acceptors (Lipinski definition) is 4. The molecule has 1 aromatic carbocycles. The lowest BCUT2D eigenvalue weighted by molar-refractivity contribution is -0.119. The Labute approximate surface area is 117 Å². The van der Waals surface area contributed by atoms with Crippen LogP contribution in [0.15, 0.2) is 12.1 Å². The molecule has 1 fully saturated rings. The van der Waals surface area contributed by atoms with Gasteiger partial charge in [-0.15, -0.1) is 0 Å². The number of halogens is 1. The number of nitriles is 1. The number of carbonyl (C=O) groups excluding carboxylic acids is 1. The van der Waals surface area contributed by atoms with Crippen molar-refractivity contribution in [1.82, 2.24) is 4.90 Å². The lowest BCUT2D eigenvalue weighted by Crippen LogP contribution is -2.49. The zero-order valence-corrected chi connectivity index (χ0v) is 11.4. The minimum Gasteiger partial charge on any atom is -0.369 e. The number of aryl methyl sites for hydroxylation is 1. The van der Waals surface area contributed by atoms with Gasteiger partial charge in [-0.25, -0.2) is 4.39 Å². The van der Waals surface area contributed by atoms with Gasteiger partial charge in [-0.2, -0.15) is 5.26 Å². The van der Waals surface area contributed by atoms with E-state index in [9.17, 15) is 9.18 Å². The quantitative estimate of drug-likeness (QED) is 0.878. The topological polar surface area (TPSA) is 73.4 Å². The minimum atomic E-state index is -0.493. The number of hydrogen-bond donors (Lipinski definition) is 1. The van der Waals surface area contributed by atoms with Crippen LogP contribution >= 0.6 is 0 Å². The van der Waals surface area contributed by atoms with Gasteiger partial charge in [0.05, 0.1) is 12.2 Å². The van der Waals surface area contributed by atoms with Gasteiger partial charge in [-0.1, -0.05) is 6.07 Å². The molecule has 0 aromatic heterocycles. The summed E-state index contributed by atoms with van der Waals surface area (Å²) in [5, 5.41) is 9.14. The third kappa shape index (κ3) is 2.89. The second kappa shape index (κ2) is 5.88. The maximum absolute atomic E-state index is 13.7. The molecule has 1 aliphatic heterocycles. The van der Waals surface area contributed by atoms with E-state index in [2.05, 4.69) is 0 Å². The van der Waals surface area contributed by atoms with Crippen molar-refractivity contribution in [3.8, 4) is 6.07 Å². The maximum Gasteiger partial charge on any atom is 0.231 e. The number of carbonyl (C=O) groups is 1. The first-order valence-electron chi connectivity index (χ1n) is 6.47. The fraction of sp³-hybridized carbons (Fsp3) is 0.429. The predicted molar refractivity (Wildman–Crippen MR) is 73.7 cm³/mol. The fourth-order valence-electron chi connectivity index (χ4n) is 2.53. The summed E-state index contributed by atoms with van der Waals surface area (Å²) in [6.07, 6.45) is 0. The Morgan fingerprint density at radius 3 is 2.60 bits per heavy atom. The Hall–Kier alpha value is -2.13. The minimum absolute atomic E-state index is 0.0911. The normalized spacial score (nSPS) is 15.9. The molecule has 0 aliphatic carbocycles. The Morgan fingerprint density at radius 1 is 1.40 bits per heavy atom. The molecule has 0 atom stereocenters. The van der Waals surface area contributed by atoms with Crippen LogP contribution in [-0.2, 0) is 4.79 Å². The fourth-order valence-corrected chi connectivity index (χ4v) is 2.53. The van der Waals surface area contributed by atoms with Gasteiger partial charge >= 0.3 is 0 Å². The summed E-state index contributed by atoms with van der Waals surface area (Å²) >= 11 is 0. The summed E-state index contributed by atoms with van der Waals surface area (Å²) in [5.74, 6) is -0.842. The van der Waals surface area contributed by atoms with E-state index in [1.807, 2.05) is 22.8 Å². The molecule has 106 valence electrons. The Morgan fingerprint density at radius 2 is 2.05 bits per heavy atom. The molecule has 2 rings (SSSR count). The molecule has 2 N–H and O–H groups in total. The number of benzene rings is 1. The van der Waals surface area contributed by atoms with Gasteiger partial charge in [0.2, 0.25) is 5.91 Å². The molecule has 0 spiro atoms. The molecular weight excluding hydrogens is 259 g/mol. The molecular formula is C14H17FN4O. The second-order valence-electron chi connectivity index (χ2n) is 4.93. The highest BCUT2D eigenvalue weighted by Crippen LogP contribution is 2.27. The van der Waals surface area contributed by atoms with Gasteiger partial charge in [0.15, 0.2) is 0 Å². The van der Waals surface area contributed by atoms with Crippen molar-refractivity contribution in [2.24, 2.45) is 5.73 Å². The van der Waals surface area contributed by atoms with E-state index in [1.54, 1.807) is 6.07 Å². The number of nitrogens with two attached hydrogens (primary N) is 1. The van der Waals surface area contributed by atoms with E-state index in [1.165, 1.54) is 6.07 Å². The summed E-state index contributed by atoms with van der Waals surface area (Å²) in [6.45, 7) is 4.73. The highest BCUT2D eigenvalue weighted by atomic mass is 19.1. The summed E-state index contributed by atoms with van der Waals surface area (Å²) in [4.78, 5) is 14.8. The van der Waals surface area contributed by atoms with Crippen molar-refractivity contribution in [3.05, 3.63) is 29.1 Å². The number of nitrogens with zero attached hydrogens (tertiary/aromatic N) is 3. The molecule has 6 heteroatoms. The lowest BCUT2D eigenvalue weighted by Gasteiger charge is -2.36. The first-order chi connectivity index (χ1) is 9.52. The van der Waals surface area contributed by atoms with E-state index >= 15 is 0 Å². The summed E-state index contributed by atoms with van der Waals surface area (Å²) < 4.78 is 13.7. The van der Waals surface area contributed by atoms with E-state index < -0.39 is 5.82 Å². The molecule has 1 aromatic rings. The maximum atomic E-state index is 13.7. The van der Waals surface area contributed by atoms with Crippen molar-refractivity contribution in [1.29, 1.82) is 5.26 Å². The highest BCUT2D eigenvalue weighted by Gasteiger charge is 2.23. The zero-order chi connectivity index (χ0) is 14.7. The van der Waals surface area contributed by atoms with E-state index in [4.69, 9.17) is 11.0 Å². The number of rotatable bonds is 3. The van der Waals surface area contributed by atoms with Crippen LogP contribution in [0.25, 0.3) is 0 Å². The van der Waals surface area contributed by atoms with Gasteiger partial charge < -0.3 is 10.6 Å². The van der Waals surface area contributed by atoms with Gasteiger partial charge in [0.25, 0.3) is 0 Å². The summed E-state index contributed by atoms with van der Waals surface area (Å²) in [7, 11) is 0. The van der Waals surface area contributed by atoms with Crippen LogP contribution in [0.3, 0.4) is 0 Å². The standard InChI is InChI=1S/C14H17FN4O/c1-10-2-3-12(15)11(8-16)14(10)19-6-4-18(5-7-19)9-13(17)20/h2-3H,4-7,9H2,1H3,(H2,17,20). The monoisotopic (exact) mass is 276 g/mol. The first kappa shape index (κ1) is 14.3. The summed E-state index contributed by atoms with van der Waals surface area (Å²) in [5.41, 5.74) is 6.80. The number of piperazine rings is 1. The zero-order valence-electron chi connectivity index (χ0n) is 11.4. The average molecular weight is 276 g/mol. The second-order valence-corrected chi connectivity index (χ2v) is 4.93. The molecule has 0 saturated carbocycles. The van der Waals surface area contributed by atoms with Crippen LogP contribution in [0.4, 0.5) is 10.1 Å². The molecule has 5 nitrogen and oxygen atoms in total. The Kier molecular flexibility index (Phi) is 4.20. The number of primary amides is 1. The lowest BCUT2D eigenvalue weighted by atomic mass is 10.1. The van der Waals surface area contributed by atoms with Crippen molar-refractivity contribution in [2.75, 3.05) is 37.6 Å². The first-order valence-corrected chi connectivity index (χ1v) is 6.47. The van der Waals surface area contributed by atoms with Crippen LogP contribution in [0.2, 0.25) is 0 Å². The molecule has 1 aliphatic rings. The summed E-state index contributed by atoms with van der Waals surface area (Å²) in [6, 6.07) is 4.94. The van der Waals surface area contributed by atoms with Crippen molar-refractivity contribution in [3.63, 3.8) is 0 Å². The Balaban J connectivity index is 2.17. The number of amides is 1. The van der Waals surface area contributed by atoms with Gasteiger partial charge in [-0.3, -0.25) is 9.69 Å². The molecule has 1 amide bonds. The van der Waals surface area contributed by atoms with Gasteiger partial charge in [0, 0.05) is 26.2 Å². The molecule has 1 saturated heterocycles. The van der Waals surface area contributed by atoms with Crippen LogP contribution in [0.5, 0.6) is 0 Å². The molecule has 1 heterocycles. The van der Waals surface area contributed by atoms with E-state index in [-0.39, 0.29) is 18.0 Å². The van der Waals surface area contributed by atoms with Crippen LogP contribution < -0.4 is 10.6 Å². The molecule has 0 unspecified atom stereocenters. The Bertz CT molecular complexity index is 559. The van der Waals surface area contributed by atoms with Crippen LogP contribution in [0, 0.1) is 24.1 Å². The highest BCUT2D eigenvalue weighted by molar-refractivity contribution is 5.76. The van der Waals surface area contributed by atoms with Gasteiger partial charge in [0.1, 0.15) is 17.4 Å². The predicted octanol–water partition coefficient (Wildman–Crippen LogP) is 0.613. The average Bonchev–Trinajstić information content (AvgIpc) is 2.41. The van der Waals surface area contributed by atoms with Gasteiger partial charge in [-0.05, 0) is 18.6 Å². The van der Waals surface area contributed by atoms with E-state index in [0.717, 1.165) is 5.56 Å². The molecule has 20 heavy (non-hydrogen) atoms. The van der Waals surface area contributed by atoms with Crippen molar-refractivity contribution >= 4 is 11.6 Å². The SMILES string of the molecule is Cc1ccc(F)c(C#N)c1N1CCN(CC(N)=O)CC1. The van der Waals surface area contributed by atoms with Crippen LogP contribution in [0.1, 0.15) is 11.1 Å².